The maximum Gasteiger partial charge on any atom is 0.234 e. The van der Waals surface area contributed by atoms with Crippen molar-refractivity contribution in [2.45, 2.75) is 6.61 Å². The van der Waals surface area contributed by atoms with Gasteiger partial charge in [-0.3, -0.25) is 4.98 Å². The summed E-state index contributed by atoms with van der Waals surface area (Å²) in [6.07, 6.45) is 4.67. The predicted octanol–water partition coefficient (Wildman–Crippen LogP) is 1.23. The minimum Gasteiger partial charge on any atom is -0.482 e. The van der Waals surface area contributed by atoms with E-state index in [2.05, 4.69) is 9.97 Å². The molecule has 2 aromatic rings. The average Bonchev–Trinajstić information content (AvgIpc) is 2.63. The SMILES string of the molecule is Nc1coc(COc2cccnc2)n1. The van der Waals surface area contributed by atoms with Gasteiger partial charge in [0.05, 0.1) is 6.20 Å². The summed E-state index contributed by atoms with van der Waals surface area (Å²) in [5.41, 5.74) is 5.37. The van der Waals surface area contributed by atoms with Crippen molar-refractivity contribution in [2.75, 3.05) is 5.73 Å². The van der Waals surface area contributed by atoms with Gasteiger partial charge in [0.25, 0.3) is 0 Å². The lowest BCUT2D eigenvalue weighted by Crippen LogP contribution is -1.96. The van der Waals surface area contributed by atoms with E-state index >= 15 is 0 Å². The summed E-state index contributed by atoms with van der Waals surface area (Å²) < 4.78 is 10.3. The Balaban J connectivity index is 1.95. The third-order valence-electron chi connectivity index (χ3n) is 1.57. The molecule has 0 unspecified atom stereocenters. The van der Waals surface area contributed by atoms with Crippen molar-refractivity contribution < 1.29 is 9.15 Å². The summed E-state index contributed by atoms with van der Waals surface area (Å²) in [5, 5.41) is 0. The van der Waals surface area contributed by atoms with Crippen LogP contribution in [0.25, 0.3) is 0 Å². The van der Waals surface area contributed by atoms with Crippen LogP contribution in [0.3, 0.4) is 0 Å². The summed E-state index contributed by atoms with van der Waals surface area (Å²) in [7, 11) is 0. The first-order valence-corrected chi connectivity index (χ1v) is 4.07. The van der Waals surface area contributed by atoms with Gasteiger partial charge in [-0.05, 0) is 12.1 Å². The number of hydrogen-bond donors (Lipinski definition) is 1. The van der Waals surface area contributed by atoms with Crippen LogP contribution in [-0.4, -0.2) is 9.97 Å². The van der Waals surface area contributed by atoms with Crippen LogP contribution in [0.15, 0.2) is 35.2 Å². The number of rotatable bonds is 3. The molecule has 0 atom stereocenters. The maximum atomic E-state index is 5.37. The average molecular weight is 191 g/mol. The molecule has 0 saturated heterocycles. The number of nitrogens with two attached hydrogens (primary N) is 1. The van der Waals surface area contributed by atoms with Gasteiger partial charge in [0.15, 0.2) is 12.4 Å². The molecule has 0 radical (unpaired) electrons. The summed E-state index contributed by atoms with van der Waals surface area (Å²) in [5.74, 6) is 1.48. The van der Waals surface area contributed by atoms with Crippen molar-refractivity contribution in [2.24, 2.45) is 0 Å². The first-order valence-electron chi connectivity index (χ1n) is 4.07. The van der Waals surface area contributed by atoms with E-state index in [0.717, 1.165) is 0 Å². The van der Waals surface area contributed by atoms with Crippen molar-refractivity contribution in [1.29, 1.82) is 0 Å². The van der Waals surface area contributed by atoms with E-state index in [4.69, 9.17) is 14.9 Å². The van der Waals surface area contributed by atoms with Gasteiger partial charge in [-0.15, -0.1) is 0 Å². The highest BCUT2D eigenvalue weighted by atomic mass is 16.5. The number of nitrogens with zero attached hydrogens (tertiary/aromatic N) is 2. The zero-order valence-electron chi connectivity index (χ0n) is 7.38. The van der Waals surface area contributed by atoms with Crippen LogP contribution in [0.5, 0.6) is 5.75 Å². The number of anilines is 1. The van der Waals surface area contributed by atoms with Gasteiger partial charge < -0.3 is 14.9 Å². The van der Waals surface area contributed by atoms with E-state index in [1.54, 1.807) is 24.5 Å². The Hall–Kier alpha value is -2.04. The topological polar surface area (TPSA) is 74.2 Å². The van der Waals surface area contributed by atoms with Gasteiger partial charge in [0, 0.05) is 6.20 Å². The van der Waals surface area contributed by atoms with Gasteiger partial charge in [-0.2, -0.15) is 4.98 Å². The zero-order valence-corrected chi connectivity index (χ0v) is 7.38. The molecule has 0 saturated carbocycles. The summed E-state index contributed by atoms with van der Waals surface area (Å²) >= 11 is 0. The van der Waals surface area contributed by atoms with E-state index in [9.17, 15) is 0 Å². The largest absolute Gasteiger partial charge is 0.482 e. The predicted molar refractivity (Wildman–Crippen MR) is 49.5 cm³/mol. The van der Waals surface area contributed by atoms with Gasteiger partial charge in [0.1, 0.15) is 12.0 Å². The van der Waals surface area contributed by atoms with Gasteiger partial charge >= 0.3 is 0 Å². The molecule has 0 spiro atoms. The first kappa shape index (κ1) is 8.55. The standard InChI is InChI=1S/C9H9N3O2/c10-8-5-14-9(12-8)6-13-7-2-1-3-11-4-7/h1-5H,6,10H2. The van der Waals surface area contributed by atoms with Crippen molar-refractivity contribution in [3.63, 3.8) is 0 Å². The molecule has 0 fully saturated rings. The van der Waals surface area contributed by atoms with Crippen molar-refractivity contribution in [3.8, 4) is 5.75 Å². The first-order chi connectivity index (χ1) is 6.84. The smallest absolute Gasteiger partial charge is 0.234 e. The quantitative estimate of drug-likeness (QED) is 0.789. The number of nitrogen functional groups attached to an aromatic ring is 1. The van der Waals surface area contributed by atoms with Crippen molar-refractivity contribution in [3.05, 3.63) is 36.7 Å². The van der Waals surface area contributed by atoms with Crippen LogP contribution in [0, 0.1) is 0 Å². The third-order valence-corrected chi connectivity index (χ3v) is 1.57. The molecule has 14 heavy (non-hydrogen) atoms. The third kappa shape index (κ3) is 2.01. The molecule has 2 rings (SSSR count). The number of ether oxygens (including phenoxy) is 1. The van der Waals surface area contributed by atoms with Crippen LogP contribution in [-0.2, 0) is 6.61 Å². The fourth-order valence-corrected chi connectivity index (χ4v) is 0.969. The molecular weight excluding hydrogens is 182 g/mol. The van der Waals surface area contributed by atoms with Gasteiger partial charge in [-0.25, -0.2) is 0 Å². The van der Waals surface area contributed by atoms with Crippen LogP contribution >= 0.6 is 0 Å². The highest BCUT2D eigenvalue weighted by Gasteiger charge is 2.01. The fraction of sp³-hybridized carbons (Fsp3) is 0.111. The lowest BCUT2D eigenvalue weighted by molar-refractivity contribution is 0.262. The normalized spacial score (nSPS) is 10.0. The molecule has 2 N–H and O–H groups in total. The Morgan fingerprint density at radius 1 is 1.50 bits per heavy atom. The van der Waals surface area contributed by atoms with E-state index in [1.807, 2.05) is 0 Å². The number of hydrogen-bond acceptors (Lipinski definition) is 5. The molecule has 0 aliphatic heterocycles. The Kier molecular flexibility index (Phi) is 2.31. The molecule has 5 heteroatoms. The van der Waals surface area contributed by atoms with Crippen LogP contribution < -0.4 is 10.5 Å². The summed E-state index contributed by atoms with van der Waals surface area (Å²) in [6.45, 7) is 0.253. The second kappa shape index (κ2) is 3.78. The van der Waals surface area contributed by atoms with Crippen LogP contribution in [0.4, 0.5) is 5.82 Å². The van der Waals surface area contributed by atoms with Crippen LogP contribution in [0.1, 0.15) is 5.89 Å². The zero-order chi connectivity index (χ0) is 9.80. The van der Waals surface area contributed by atoms with E-state index in [1.165, 1.54) is 6.26 Å². The minimum atomic E-state index is 0.253. The Morgan fingerprint density at radius 2 is 2.43 bits per heavy atom. The number of oxazole rings is 1. The Bertz CT molecular complexity index is 399. The lowest BCUT2D eigenvalue weighted by atomic mass is 10.5. The molecule has 0 aliphatic carbocycles. The molecule has 0 bridgehead atoms. The second-order valence-electron chi connectivity index (χ2n) is 2.64. The van der Waals surface area contributed by atoms with Gasteiger partial charge in [0.2, 0.25) is 5.89 Å². The molecule has 72 valence electrons. The number of pyridine rings is 1. The fourth-order valence-electron chi connectivity index (χ4n) is 0.969. The second-order valence-corrected chi connectivity index (χ2v) is 2.64. The molecule has 0 amide bonds. The van der Waals surface area contributed by atoms with E-state index in [0.29, 0.717) is 17.5 Å². The lowest BCUT2D eigenvalue weighted by Gasteiger charge is -2.00. The van der Waals surface area contributed by atoms with Crippen molar-refractivity contribution >= 4 is 5.82 Å². The molecular formula is C9H9N3O2. The minimum absolute atomic E-state index is 0.253. The van der Waals surface area contributed by atoms with Gasteiger partial charge in [-0.1, -0.05) is 0 Å². The molecule has 5 nitrogen and oxygen atoms in total. The molecule has 0 aliphatic rings. The Morgan fingerprint density at radius 3 is 3.07 bits per heavy atom. The highest BCUT2D eigenvalue weighted by molar-refractivity contribution is 5.21. The van der Waals surface area contributed by atoms with Crippen LogP contribution in [0.2, 0.25) is 0 Å². The highest BCUT2D eigenvalue weighted by Crippen LogP contribution is 2.10. The van der Waals surface area contributed by atoms with Crippen molar-refractivity contribution in [1.82, 2.24) is 9.97 Å². The molecule has 0 aromatic carbocycles. The van der Waals surface area contributed by atoms with E-state index in [-0.39, 0.29) is 6.61 Å². The molecule has 2 aromatic heterocycles. The van der Waals surface area contributed by atoms with E-state index < -0.39 is 0 Å². The summed E-state index contributed by atoms with van der Waals surface area (Å²) in [6, 6.07) is 3.60. The Labute approximate surface area is 80.5 Å². The number of aromatic nitrogens is 2. The maximum absolute atomic E-state index is 5.37. The summed E-state index contributed by atoms with van der Waals surface area (Å²) in [4.78, 5) is 7.79. The monoisotopic (exact) mass is 191 g/mol. The molecule has 2 heterocycles.